The molecule has 0 heterocycles. The second kappa shape index (κ2) is 4.89. The maximum absolute atomic E-state index is 13.4. The smallest absolute Gasteiger partial charge is 0.251 e. The number of hydrogen-bond acceptors (Lipinski definition) is 3. The highest BCUT2D eigenvalue weighted by atomic mass is 19.1. The Hall–Kier alpha value is -1.69. The van der Waals surface area contributed by atoms with E-state index < -0.39 is 23.2 Å². The zero-order valence-electron chi connectivity index (χ0n) is 9.97. The van der Waals surface area contributed by atoms with Crippen LogP contribution >= 0.6 is 0 Å². The van der Waals surface area contributed by atoms with Crippen LogP contribution in [-0.2, 0) is 0 Å². The zero-order valence-corrected chi connectivity index (χ0v) is 9.97. The molecule has 1 fully saturated rings. The van der Waals surface area contributed by atoms with Gasteiger partial charge in [0.15, 0.2) is 11.6 Å². The topological polar surface area (TPSA) is 67.2 Å². The molecule has 1 saturated carbocycles. The zero-order chi connectivity index (χ0) is 13.3. The van der Waals surface area contributed by atoms with Crippen LogP contribution in [0, 0.1) is 17.6 Å². The van der Waals surface area contributed by atoms with Crippen LogP contribution in [0.25, 0.3) is 0 Å². The lowest BCUT2D eigenvalue weighted by Crippen LogP contribution is -2.34. The Morgan fingerprint density at radius 3 is 2.39 bits per heavy atom. The Balaban J connectivity index is 2.14. The number of hydrazine groups is 1. The van der Waals surface area contributed by atoms with Crippen LogP contribution in [0.2, 0.25) is 0 Å². The first-order valence-electron chi connectivity index (χ1n) is 5.79. The summed E-state index contributed by atoms with van der Waals surface area (Å²) in [7, 11) is 0. The van der Waals surface area contributed by atoms with Crippen LogP contribution in [0.1, 0.15) is 30.1 Å². The molecule has 1 aliphatic carbocycles. The molecule has 1 aromatic carbocycles. The van der Waals surface area contributed by atoms with Gasteiger partial charge in [0.05, 0.1) is 0 Å². The normalized spacial score (nSPS) is 16.2. The summed E-state index contributed by atoms with van der Waals surface area (Å²) in [4.78, 5) is 11.8. The van der Waals surface area contributed by atoms with Crippen molar-refractivity contribution >= 4 is 11.6 Å². The Labute approximate surface area is 104 Å². The molecule has 98 valence electrons. The van der Waals surface area contributed by atoms with Crippen LogP contribution in [0.4, 0.5) is 14.5 Å². The summed E-state index contributed by atoms with van der Waals surface area (Å²) in [5.41, 5.74) is 1.43. The Morgan fingerprint density at radius 1 is 1.39 bits per heavy atom. The minimum Gasteiger partial charge on any atom is -0.349 e. The molecule has 1 unspecified atom stereocenters. The lowest BCUT2D eigenvalue weighted by Gasteiger charge is -2.13. The largest absolute Gasteiger partial charge is 0.349 e. The van der Waals surface area contributed by atoms with E-state index in [9.17, 15) is 13.6 Å². The van der Waals surface area contributed by atoms with Crippen molar-refractivity contribution in [2.75, 3.05) is 5.43 Å². The Kier molecular flexibility index (Phi) is 3.47. The highest BCUT2D eigenvalue weighted by Crippen LogP contribution is 2.32. The van der Waals surface area contributed by atoms with Gasteiger partial charge in [-0.05, 0) is 37.8 Å². The molecule has 1 atom stereocenters. The van der Waals surface area contributed by atoms with E-state index in [0.29, 0.717) is 5.92 Å². The van der Waals surface area contributed by atoms with Crippen molar-refractivity contribution in [1.82, 2.24) is 5.32 Å². The van der Waals surface area contributed by atoms with E-state index in [-0.39, 0.29) is 11.6 Å². The predicted octanol–water partition coefficient (Wildman–Crippen LogP) is 1.78. The number of benzene rings is 1. The van der Waals surface area contributed by atoms with Gasteiger partial charge in [-0.15, -0.1) is 0 Å². The fraction of sp³-hybridized carbons (Fsp3) is 0.417. The van der Waals surface area contributed by atoms with E-state index in [2.05, 4.69) is 5.32 Å². The van der Waals surface area contributed by atoms with Crippen LogP contribution in [0.5, 0.6) is 0 Å². The number of rotatable bonds is 4. The number of halogens is 2. The summed E-state index contributed by atoms with van der Waals surface area (Å²) in [6.07, 6.45) is 2.17. The molecule has 4 nitrogen and oxygen atoms in total. The SMILES string of the molecule is CC(NC(=O)c1cc(F)c(NN)c(F)c1)C1CC1. The van der Waals surface area contributed by atoms with Crippen molar-refractivity contribution in [1.29, 1.82) is 0 Å². The van der Waals surface area contributed by atoms with Gasteiger partial charge in [0.25, 0.3) is 5.91 Å². The first kappa shape index (κ1) is 12.8. The maximum Gasteiger partial charge on any atom is 0.251 e. The fourth-order valence-corrected chi connectivity index (χ4v) is 1.85. The van der Waals surface area contributed by atoms with Gasteiger partial charge in [0.1, 0.15) is 5.69 Å². The number of carbonyl (C=O) groups is 1. The predicted molar refractivity (Wildman–Crippen MR) is 63.8 cm³/mol. The molecule has 0 saturated heterocycles. The van der Waals surface area contributed by atoms with E-state index in [0.717, 1.165) is 25.0 Å². The number of hydrogen-bond donors (Lipinski definition) is 3. The number of anilines is 1. The quantitative estimate of drug-likeness (QED) is 0.567. The number of nitrogens with two attached hydrogens (primary N) is 1. The molecule has 0 spiro atoms. The first-order valence-corrected chi connectivity index (χ1v) is 5.79. The highest BCUT2D eigenvalue weighted by Gasteiger charge is 2.29. The summed E-state index contributed by atoms with van der Waals surface area (Å²) in [5, 5.41) is 2.73. The van der Waals surface area contributed by atoms with Gasteiger partial charge < -0.3 is 10.7 Å². The molecule has 0 bridgehead atoms. The van der Waals surface area contributed by atoms with Gasteiger partial charge in [-0.25, -0.2) is 8.78 Å². The van der Waals surface area contributed by atoms with E-state index in [1.807, 2.05) is 12.3 Å². The van der Waals surface area contributed by atoms with Crippen molar-refractivity contribution in [3.8, 4) is 0 Å². The van der Waals surface area contributed by atoms with E-state index in [1.165, 1.54) is 0 Å². The molecule has 0 radical (unpaired) electrons. The molecule has 0 aromatic heterocycles. The maximum atomic E-state index is 13.4. The van der Waals surface area contributed by atoms with Crippen LogP contribution in [-0.4, -0.2) is 11.9 Å². The average Bonchev–Trinajstić information content (AvgIpc) is 3.12. The van der Waals surface area contributed by atoms with Gasteiger partial charge in [-0.1, -0.05) is 0 Å². The van der Waals surface area contributed by atoms with E-state index in [1.54, 1.807) is 0 Å². The number of nitrogen functional groups attached to an aromatic ring is 1. The second-order valence-electron chi connectivity index (χ2n) is 4.56. The molecule has 1 amide bonds. The molecule has 1 aliphatic rings. The lowest BCUT2D eigenvalue weighted by atomic mass is 10.1. The molecular weight excluding hydrogens is 240 g/mol. The highest BCUT2D eigenvalue weighted by molar-refractivity contribution is 5.94. The molecule has 2 rings (SSSR count). The van der Waals surface area contributed by atoms with Crippen LogP contribution < -0.4 is 16.6 Å². The summed E-state index contributed by atoms with van der Waals surface area (Å²) in [5.74, 6) is 3.21. The third kappa shape index (κ3) is 2.59. The second-order valence-corrected chi connectivity index (χ2v) is 4.56. The Morgan fingerprint density at radius 2 is 1.94 bits per heavy atom. The third-order valence-corrected chi connectivity index (χ3v) is 3.14. The third-order valence-electron chi connectivity index (χ3n) is 3.14. The molecule has 1 aromatic rings. The Bertz CT molecular complexity index is 451. The van der Waals surface area contributed by atoms with Crippen molar-refractivity contribution in [2.24, 2.45) is 11.8 Å². The standard InChI is InChI=1S/C12H15F2N3O/c1-6(7-2-3-7)16-12(18)8-4-9(13)11(17-15)10(14)5-8/h4-7,17H,2-3,15H2,1H3,(H,16,18). The van der Waals surface area contributed by atoms with Gasteiger partial charge in [0, 0.05) is 11.6 Å². The van der Waals surface area contributed by atoms with Gasteiger partial charge in [-0.3, -0.25) is 10.6 Å². The molecule has 0 aliphatic heterocycles. The van der Waals surface area contributed by atoms with Crippen molar-refractivity contribution in [3.05, 3.63) is 29.3 Å². The molecular formula is C12H15F2N3O. The molecule has 6 heteroatoms. The van der Waals surface area contributed by atoms with Gasteiger partial charge in [0.2, 0.25) is 0 Å². The van der Waals surface area contributed by atoms with Crippen molar-refractivity contribution in [3.63, 3.8) is 0 Å². The summed E-state index contributed by atoms with van der Waals surface area (Å²) in [6, 6.07) is 1.96. The monoisotopic (exact) mass is 255 g/mol. The molecule has 4 N–H and O–H groups in total. The summed E-state index contributed by atoms with van der Waals surface area (Å²) in [6.45, 7) is 1.89. The number of carbonyl (C=O) groups excluding carboxylic acids is 1. The van der Waals surface area contributed by atoms with Crippen LogP contribution in [0.3, 0.4) is 0 Å². The van der Waals surface area contributed by atoms with E-state index in [4.69, 9.17) is 5.84 Å². The molecule has 18 heavy (non-hydrogen) atoms. The van der Waals surface area contributed by atoms with Crippen molar-refractivity contribution < 1.29 is 13.6 Å². The average molecular weight is 255 g/mol. The van der Waals surface area contributed by atoms with Gasteiger partial charge >= 0.3 is 0 Å². The van der Waals surface area contributed by atoms with Gasteiger partial charge in [-0.2, -0.15) is 0 Å². The van der Waals surface area contributed by atoms with Crippen molar-refractivity contribution in [2.45, 2.75) is 25.8 Å². The number of amides is 1. The van der Waals surface area contributed by atoms with E-state index >= 15 is 0 Å². The fourth-order valence-electron chi connectivity index (χ4n) is 1.85. The summed E-state index contributed by atoms with van der Waals surface area (Å²) >= 11 is 0. The minimum atomic E-state index is -0.887. The minimum absolute atomic E-state index is 0.0240. The van der Waals surface area contributed by atoms with Crippen LogP contribution in [0.15, 0.2) is 12.1 Å². The number of nitrogens with one attached hydrogen (secondary N) is 2. The first-order chi connectivity index (χ1) is 8.52. The lowest BCUT2D eigenvalue weighted by molar-refractivity contribution is 0.0935. The summed E-state index contributed by atoms with van der Waals surface area (Å²) < 4.78 is 26.8.